The van der Waals surface area contributed by atoms with Crippen molar-refractivity contribution >= 4 is 23.6 Å². The number of hydrogen-bond donors (Lipinski definition) is 1. The van der Waals surface area contributed by atoms with Crippen molar-refractivity contribution in [1.29, 1.82) is 0 Å². The van der Waals surface area contributed by atoms with Crippen LogP contribution in [-0.4, -0.2) is 20.9 Å². The molecule has 1 aromatic heterocycles. The number of nitrogens with one attached hydrogen (secondary N) is 1. The summed E-state index contributed by atoms with van der Waals surface area (Å²) in [5.74, 6) is -0.872. The van der Waals surface area contributed by atoms with Crippen molar-refractivity contribution in [1.82, 2.24) is 20.3 Å². The Hall–Kier alpha value is -3.72. The summed E-state index contributed by atoms with van der Waals surface area (Å²) in [7, 11) is 0. The van der Waals surface area contributed by atoms with Gasteiger partial charge in [0, 0.05) is 29.2 Å². The molecule has 1 aliphatic heterocycles. The maximum atomic E-state index is 13.7. The Morgan fingerprint density at radius 3 is 2.62 bits per heavy atom. The van der Waals surface area contributed by atoms with Crippen LogP contribution in [0.2, 0.25) is 5.02 Å². The smallest absolute Gasteiger partial charge is 0.325 e. The Labute approximate surface area is 196 Å². The van der Waals surface area contributed by atoms with Crippen molar-refractivity contribution < 1.29 is 22.4 Å². The highest BCUT2D eigenvalue weighted by molar-refractivity contribution is 6.31. The van der Waals surface area contributed by atoms with Gasteiger partial charge in [-0.15, -0.1) is 5.10 Å². The average molecular weight is 487 g/mol. The van der Waals surface area contributed by atoms with Crippen molar-refractivity contribution in [2.75, 3.05) is 0 Å². The van der Waals surface area contributed by atoms with Crippen molar-refractivity contribution in [3.8, 4) is 16.9 Å². The molecular weight excluding hydrogens is 472 g/mol. The van der Waals surface area contributed by atoms with Crippen molar-refractivity contribution in [2.24, 2.45) is 5.92 Å². The van der Waals surface area contributed by atoms with Crippen LogP contribution in [0.15, 0.2) is 77.9 Å². The highest BCUT2D eigenvalue weighted by Gasteiger charge is 2.35. The number of fused-ring (bicyclic) bond motifs is 1. The number of aromatic nitrogens is 3. The Balaban J connectivity index is 1.39. The molecule has 2 heterocycles. The summed E-state index contributed by atoms with van der Waals surface area (Å²) in [6.45, 7) is 0. The normalized spacial score (nSPS) is 19.0. The van der Waals surface area contributed by atoms with Gasteiger partial charge in [-0.1, -0.05) is 41.1 Å². The first-order valence-corrected chi connectivity index (χ1v) is 10.6. The van der Waals surface area contributed by atoms with Crippen LogP contribution in [0.3, 0.4) is 0 Å². The molecule has 0 spiro atoms. The average Bonchev–Trinajstić information content (AvgIpc) is 3.39. The van der Waals surface area contributed by atoms with Crippen LogP contribution in [0.5, 0.6) is 0 Å². The zero-order chi connectivity index (χ0) is 24.0. The van der Waals surface area contributed by atoms with Crippen LogP contribution in [0, 0.1) is 5.92 Å². The lowest BCUT2D eigenvalue weighted by molar-refractivity contribution is -0.137. The van der Waals surface area contributed by atoms with E-state index < -0.39 is 16.8 Å². The van der Waals surface area contributed by atoms with Crippen molar-refractivity contribution in [3.63, 3.8) is 0 Å². The minimum absolute atomic E-state index is 0.137. The largest absolute Gasteiger partial charge is 0.417 e. The van der Waals surface area contributed by atoms with Crippen LogP contribution in [0.25, 0.3) is 23.0 Å². The molecule has 1 N–H and O–H groups in total. The minimum atomic E-state index is -4.59. The molecule has 2 aromatic carbocycles. The quantitative estimate of drug-likeness (QED) is 0.372. The van der Waals surface area contributed by atoms with Gasteiger partial charge in [0.1, 0.15) is 11.5 Å². The monoisotopic (exact) mass is 486 g/mol. The number of allylic oxidation sites excluding steroid dienone is 4. The van der Waals surface area contributed by atoms with Gasteiger partial charge in [0.15, 0.2) is 0 Å². The van der Waals surface area contributed by atoms with Gasteiger partial charge in [-0.3, -0.25) is 4.79 Å². The summed E-state index contributed by atoms with van der Waals surface area (Å²) in [6, 6.07) is 10.6. The Morgan fingerprint density at radius 2 is 1.88 bits per heavy atom. The summed E-state index contributed by atoms with van der Waals surface area (Å²) in [4.78, 5) is 12.3. The molecule has 3 aromatic rings. The third kappa shape index (κ3) is 4.14. The third-order valence-electron chi connectivity index (χ3n) is 5.66. The van der Waals surface area contributed by atoms with Gasteiger partial charge in [-0.2, -0.15) is 13.2 Å². The number of carbonyl (C=O) groups excluding carboxylic acids is 1. The van der Waals surface area contributed by atoms with Gasteiger partial charge < -0.3 is 5.32 Å². The van der Waals surface area contributed by atoms with Gasteiger partial charge in [-0.05, 0) is 42.0 Å². The molecular formula is C24H15ClF4N4O. The molecule has 10 heteroatoms. The number of nitrogens with zero attached hydrogens (tertiary/aromatic N) is 3. The first-order chi connectivity index (χ1) is 16.2. The standard InChI is InChI=1S/C24H15ClF4N4O/c25-20-7-6-16(11-19(20)24(27,28)29)33-12-22(31-32-33)14-3-1-13(2-4-14)9-18-17-10-15(26)5-8-21(17)30-23(18)34/h1-9,11-12,17H,10H2,(H,30,34)/b18-9-. The molecule has 1 aliphatic carbocycles. The molecule has 1 atom stereocenters. The fraction of sp³-hybridized carbons (Fsp3) is 0.125. The number of benzene rings is 2. The highest BCUT2D eigenvalue weighted by Crippen LogP contribution is 2.37. The molecule has 34 heavy (non-hydrogen) atoms. The first-order valence-electron chi connectivity index (χ1n) is 10.2. The fourth-order valence-electron chi connectivity index (χ4n) is 3.93. The molecule has 1 unspecified atom stereocenters. The SMILES string of the molecule is O=C1NC2=CC=C(F)CC2/C1=C/c1ccc(-c2cn(-c3ccc(Cl)c(C(F)(F)F)c3)nn2)cc1. The number of carbonyl (C=O) groups is 1. The molecule has 0 radical (unpaired) electrons. The molecule has 1 saturated heterocycles. The molecule has 5 rings (SSSR count). The maximum Gasteiger partial charge on any atom is 0.417 e. The van der Waals surface area contributed by atoms with Crippen molar-refractivity contribution in [3.05, 3.63) is 94.1 Å². The van der Waals surface area contributed by atoms with Crippen LogP contribution in [0.1, 0.15) is 17.5 Å². The third-order valence-corrected chi connectivity index (χ3v) is 5.99. The summed E-state index contributed by atoms with van der Waals surface area (Å²) >= 11 is 5.68. The molecule has 2 aliphatic rings. The van der Waals surface area contributed by atoms with Crippen LogP contribution in [0.4, 0.5) is 17.6 Å². The van der Waals surface area contributed by atoms with E-state index in [9.17, 15) is 22.4 Å². The van der Waals surface area contributed by atoms with E-state index in [1.54, 1.807) is 36.4 Å². The van der Waals surface area contributed by atoms with E-state index in [0.29, 0.717) is 22.5 Å². The van der Waals surface area contributed by atoms with E-state index in [4.69, 9.17) is 11.6 Å². The molecule has 1 amide bonds. The number of hydrogen-bond acceptors (Lipinski definition) is 3. The highest BCUT2D eigenvalue weighted by atomic mass is 35.5. The maximum absolute atomic E-state index is 13.7. The van der Waals surface area contributed by atoms with E-state index in [2.05, 4.69) is 15.6 Å². The van der Waals surface area contributed by atoms with Crippen LogP contribution in [-0.2, 0) is 11.0 Å². The van der Waals surface area contributed by atoms with E-state index in [1.165, 1.54) is 23.0 Å². The van der Waals surface area contributed by atoms with Crippen LogP contribution >= 0.6 is 11.6 Å². The van der Waals surface area contributed by atoms with Gasteiger partial charge in [0.25, 0.3) is 5.91 Å². The van der Waals surface area contributed by atoms with E-state index in [0.717, 1.165) is 17.7 Å². The summed E-state index contributed by atoms with van der Waals surface area (Å²) < 4.78 is 54.4. The summed E-state index contributed by atoms with van der Waals surface area (Å²) in [6.07, 6.45) is 1.70. The second-order valence-corrected chi connectivity index (χ2v) is 8.29. The zero-order valence-electron chi connectivity index (χ0n) is 17.3. The minimum Gasteiger partial charge on any atom is -0.325 e. The Morgan fingerprint density at radius 1 is 1.12 bits per heavy atom. The summed E-state index contributed by atoms with van der Waals surface area (Å²) in [5, 5.41) is 10.3. The lowest BCUT2D eigenvalue weighted by Crippen LogP contribution is -2.13. The number of rotatable bonds is 3. The Bertz CT molecular complexity index is 1390. The number of amides is 1. The molecule has 5 nitrogen and oxygen atoms in total. The second-order valence-electron chi connectivity index (χ2n) is 7.88. The van der Waals surface area contributed by atoms with E-state index in [-0.39, 0.29) is 29.8 Å². The predicted molar refractivity (Wildman–Crippen MR) is 118 cm³/mol. The number of halogens is 5. The first kappa shape index (κ1) is 22.1. The Kier molecular flexibility index (Phi) is 5.36. The molecule has 0 bridgehead atoms. The zero-order valence-corrected chi connectivity index (χ0v) is 18.0. The number of alkyl halides is 3. The second kappa shape index (κ2) is 8.25. The lowest BCUT2D eigenvalue weighted by Gasteiger charge is -2.13. The molecule has 0 saturated carbocycles. The fourth-order valence-corrected chi connectivity index (χ4v) is 4.15. The van der Waals surface area contributed by atoms with E-state index >= 15 is 0 Å². The van der Waals surface area contributed by atoms with Gasteiger partial charge in [0.05, 0.1) is 22.5 Å². The van der Waals surface area contributed by atoms with Gasteiger partial charge in [0.2, 0.25) is 0 Å². The molecule has 1 fully saturated rings. The van der Waals surface area contributed by atoms with Gasteiger partial charge in [-0.25, -0.2) is 9.07 Å². The summed E-state index contributed by atoms with van der Waals surface area (Å²) in [5.41, 5.74) is 2.25. The predicted octanol–water partition coefficient (Wildman–Crippen LogP) is 5.88. The van der Waals surface area contributed by atoms with Crippen molar-refractivity contribution in [2.45, 2.75) is 12.6 Å². The van der Waals surface area contributed by atoms with Crippen LogP contribution < -0.4 is 5.32 Å². The lowest BCUT2D eigenvalue weighted by atomic mass is 9.90. The van der Waals surface area contributed by atoms with E-state index in [1.807, 2.05) is 0 Å². The topological polar surface area (TPSA) is 59.8 Å². The van der Waals surface area contributed by atoms with Gasteiger partial charge >= 0.3 is 6.18 Å². The molecule has 172 valence electrons.